The lowest BCUT2D eigenvalue weighted by Gasteiger charge is -2.14. The van der Waals surface area contributed by atoms with Crippen molar-refractivity contribution < 1.29 is 14.3 Å². The summed E-state index contributed by atoms with van der Waals surface area (Å²) in [5.41, 5.74) is 4.76. The average Bonchev–Trinajstić information content (AvgIpc) is 3.16. The van der Waals surface area contributed by atoms with E-state index in [1.165, 1.54) is 0 Å². The Morgan fingerprint density at radius 3 is 2.63 bits per heavy atom. The van der Waals surface area contributed by atoms with Crippen molar-refractivity contribution in [3.63, 3.8) is 0 Å². The molecule has 0 aliphatic carbocycles. The predicted molar refractivity (Wildman–Crippen MR) is 117 cm³/mol. The van der Waals surface area contributed by atoms with Crippen LogP contribution >= 0.6 is 0 Å². The molecule has 3 rings (SSSR count). The van der Waals surface area contributed by atoms with Crippen LogP contribution in [0.25, 0.3) is 0 Å². The minimum Gasteiger partial charge on any atom is -0.496 e. The molecular weight excluding hydrogens is 378 g/mol. The highest BCUT2D eigenvalue weighted by molar-refractivity contribution is 5.94. The van der Waals surface area contributed by atoms with Gasteiger partial charge in [0.2, 0.25) is 0 Å². The molecular formula is C24H29N3O3. The van der Waals surface area contributed by atoms with Crippen LogP contribution in [0.5, 0.6) is 11.5 Å². The molecule has 0 aliphatic heterocycles. The minimum absolute atomic E-state index is 0.109. The van der Waals surface area contributed by atoms with E-state index in [4.69, 9.17) is 9.47 Å². The molecule has 0 unspecified atom stereocenters. The number of nitrogens with zero attached hydrogens (tertiary/aromatic N) is 2. The monoisotopic (exact) mass is 407 g/mol. The van der Waals surface area contributed by atoms with E-state index >= 15 is 0 Å². The zero-order chi connectivity index (χ0) is 21.5. The fourth-order valence-electron chi connectivity index (χ4n) is 3.19. The van der Waals surface area contributed by atoms with Gasteiger partial charge in [-0.15, -0.1) is 0 Å². The summed E-state index contributed by atoms with van der Waals surface area (Å²) in [4.78, 5) is 12.6. The molecule has 2 aromatic carbocycles. The van der Waals surface area contributed by atoms with Crippen LogP contribution < -0.4 is 14.8 Å². The van der Waals surface area contributed by atoms with Crippen LogP contribution in [-0.4, -0.2) is 29.3 Å². The molecule has 6 nitrogen and oxygen atoms in total. The third kappa shape index (κ3) is 5.63. The van der Waals surface area contributed by atoms with E-state index in [9.17, 15) is 4.79 Å². The molecule has 0 saturated heterocycles. The number of rotatable bonds is 9. The minimum atomic E-state index is -0.109. The summed E-state index contributed by atoms with van der Waals surface area (Å²) in [7, 11) is 1.62. The summed E-state index contributed by atoms with van der Waals surface area (Å²) in [5, 5.41) is 7.22. The molecule has 0 atom stereocenters. The summed E-state index contributed by atoms with van der Waals surface area (Å²) in [6.45, 7) is 7.74. The Kier molecular flexibility index (Phi) is 7.12. The van der Waals surface area contributed by atoms with Crippen LogP contribution in [0.15, 0.2) is 48.8 Å². The van der Waals surface area contributed by atoms with Crippen molar-refractivity contribution in [2.45, 2.75) is 40.3 Å². The first-order chi connectivity index (χ1) is 14.5. The first-order valence-corrected chi connectivity index (χ1v) is 10.1. The van der Waals surface area contributed by atoms with E-state index in [1.807, 2.05) is 62.1 Å². The number of amides is 1. The van der Waals surface area contributed by atoms with E-state index in [1.54, 1.807) is 13.2 Å². The first-order valence-electron chi connectivity index (χ1n) is 10.1. The van der Waals surface area contributed by atoms with Crippen LogP contribution in [0, 0.1) is 20.8 Å². The lowest BCUT2D eigenvalue weighted by molar-refractivity contribution is 0.0952. The molecule has 6 heteroatoms. The summed E-state index contributed by atoms with van der Waals surface area (Å²) < 4.78 is 13.3. The second-order valence-corrected chi connectivity index (χ2v) is 7.47. The molecule has 1 amide bonds. The van der Waals surface area contributed by atoms with Gasteiger partial charge in [-0.3, -0.25) is 9.48 Å². The normalized spacial score (nSPS) is 10.7. The first kappa shape index (κ1) is 21.4. The average molecular weight is 408 g/mol. The maximum absolute atomic E-state index is 12.6. The number of carbonyl (C=O) groups is 1. The summed E-state index contributed by atoms with van der Waals surface area (Å²) in [6, 6.07) is 11.5. The van der Waals surface area contributed by atoms with Crippen LogP contribution in [0.3, 0.4) is 0 Å². The molecule has 3 aromatic rings. The molecule has 0 fully saturated rings. The van der Waals surface area contributed by atoms with E-state index in [0.29, 0.717) is 24.5 Å². The molecule has 30 heavy (non-hydrogen) atoms. The molecule has 0 spiro atoms. The maximum Gasteiger partial charge on any atom is 0.251 e. The maximum atomic E-state index is 12.6. The van der Waals surface area contributed by atoms with Gasteiger partial charge in [-0.1, -0.05) is 12.1 Å². The molecule has 1 N–H and O–H groups in total. The molecule has 0 bridgehead atoms. The summed E-state index contributed by atoms with van der Waals surface area (Å²) >= 11 is 0. The number of aromatic nitrogens is 2. The SMILES string of the molecule is COc1ccc(C(=O)NCCCn2cc(C)cn2)cc1COc1cc(C)ccc1C. The Morgan fingerprint density at radius 1 is 1.07 bits per heavy atom. The van der Waals surface area contributed by atoms with Gasteiger partial charge in [0.05, 0.1) is 13.3 Å². The summed E-state index contributed by atoms with van der Waals surface area (Å²) in [5.74, 6) is 1.42. The number of aryl methyl sites for hydroxylation is 4. The van der Waals surface area contributed by atoms with E-state index in [-0.39, 0.29) is 5.91 Å². The van der Waals surface area contributed by atoms with E-state index in [0.717, 1.165) is 41.0 Å². The fourth-order valence-corrected chi connectivity index (χ4v) is 3.19. The Hall–Kier alpha value is -3.28. The molecule has 158 valence electrons. The van der Waals surface area contributed by atoms with E-state index in [2.05, 4.69) is 16.5 Å². The Morgan fingerprint density at radius 2 is 1.90 bits per heavy atom. The number of hydrogen-bond acceptors (Lipinski definition) is 4. The number of methoxy groups -OCH3 is 1. The Bertz CT molecular complexity index is 1010. The van der Waals surface area contributed by atoms with E-state index < -0.39 is 0 Å². The van der Waals surface area contributed by atoms with Crippen molar-refractivity contribution in [2.24, 2.45) is 0 Å². The fraction of sp³-hybridized carbons (Fsp3) is 0.333. The quantitative estimate of drug-likeness (QED) is 0.540. The Labute approximate surface area is 177 Å². The zero-order valence-corrected chi connectivity index (χ0v) is 18.1. The third-order valence-electron chi connectivity index (χ3n) is 4.88. The second-order valence-electron chi connectivity index (χ2n) is 7.47. The standard InChI is InChI=1S/C24H29N3O3/c1-17-6-7-19(3)23(12-17)30-16-21-13-20(8-9-22(21)29-4)24(28)25-10-5-11-27-15-18(2)14-26-27/h6-9,12-15H,5,10-11,16H2,1-4H3,(H,25,28). The molecule has 0 aliphatic rings. The Balaban J connectivity index is 1.59. The topological polar surface area (TPSA) is 65.4 Å². The van der Waals surface area contributed by atoms with Crippen molar-refractivity contribution in [2.75, 3.05) is 13.7 Å². The predicted octanol–water partition coefficient (Wildman–Crippen LogP) is 4.22. The zero-order valence-electron chi connectivity index (χ0n) is 18.1. The van der Waals surface area contributed by atoms with Crippen LogP contribution in [-0.2, 0) is 13.2 Å². The number of ether oxygens (including phenoxy) is 2. The third-order valence-corrected chi connectivity index (χ3v) is 4.88. The van der Waals surface area contributed by atoms with Gasteiger partial charge >= 0.3 is 0 Å². The highest BCUT2D eigenvalue weighted by Gasteiger charge is 2.11. The van der Waals surface area contributed by atoms with Crippen LogP contribution in [0.2, 0.25) is 0 Å². The lowest BCUT2D eigenvalue weighted by Crippen LogP contribution is -2.25. The highest BCUT2D eigenvalue weighted by atomic mass is 16.5. The molecule has 0 saturated carbocycles. The lowest BCUT2D eigenvalue weighted by atomic mass is 10.1. The van der Waals surface area contributed by atoms with Crippen molar-refractivity contribution in [3.05, 3.63) is 76.6 Å². The van der Waals surface area contributed by atoms with Crippen molar-refractivity contribution in [3.8, 4) is 11.5 Å². The van der Waals surface area contributed by atoms with Gasteiger partial charge < -0.3 is 14.8 Å². The van der Waals surface area contributed by atoms with Gasteiger partial charge in [-0.2, -0.15) is 5.10 Å². The van der Waals surface area contributed by atoms with Gasteiger partial charge in [0.1, 0.15) is 18.1 Å². The number of benzene rings is 2. The van der Waals surface area contributed by atoms with Gasteiger partial charge in [0.25, 0.3) is 5.91 Å². The van der Waals surface area contributed by atoms with Gasteiger partial charge in [0, 0.05) is 30.4 Å². The molecule has 1 heterocycles. The molecule has 1 aromatic heterocycles. The number of hydrogen-bond donors (Lipinski definition) is 1. The van der Waals surface area contributed by atoms with Crippen LogP contribution in [0.1, 0.15) is 39.0 Å². The number of carbonyl (C=O) groups excluding carboxylic acids is 1. The second kappa shape index (κ2) is 9.96. The van der Waals surface area contributed by atoms with Crippen LogP contribution in [0.4, 0.5) is 0 Å². The van der Waals surface area contributed by atoms with Crippen molar-refractivity contribution in [1.29, 1.82) is 0 Å². The van der Waals surface area contributed by atoms with Crippen molar-refractivity contribution >= 4 is 5.91 Å². The highest BCUT2D eigenvalue weighted by Crippen LogP contribution is 2.25. The van der Waals surface area contributed by atoms with Gasteiger partial charge in [-0.25, -0.2) is 0 Å². The smallest absolute Gasteiger partial charge is 0.251 e. The summed E-state index contributed by atoms with van der Waals surface area (Å²) in [6.07, 6.45) is 4.64. The number of nitrogens with one attached hydrogen (secondary N) is 1. The van der Waals surface area contributed by atoms with Gasteiger partial charge in [-0.05, 0) is 68.1 Å². The van der Waals surface area contributed by atoms with Gasteiger partial charge in [0.15, 0.2) is 0 Å². The van der Waals surface area contributed by atoms with Crippen molar-refractivity contribution in [1.82, 2.24) is 15.1 Å². The largest absolute Gasteiger partial charge is 0.496 e. The molecule has 0 radical (unpaired) electrons.